The lowest BCUT2D eigenvalue weighted by Gasteiger charge is -2.33. The Morgan fingerprint density at radius 1 is 1.11 bits per heavy atom. The van der Waals surface area contributed by atoms with E-state index in [0.717, 1.165) is 24.8 Å². The number of benzene rings is 1. The second kappa shape index (κ2) is 9.19. The summed E-state index contributed by atoms with van der Waals surface area (Å²) in [5.74, 6) is -0.0816. The zero-order chi connectivity index (χ0) is 19.2. The fourth-order valence-electron chi connectivity index (χ4n) is 4.12. The maximum absolute atomic E-state index is 13.1. The Kier molecular flexibility index (Phi) is 6.68. The average Bonchev–Trinajstić information content (AvgIpc) is 3.36. The van der Waals surface area contributed by atoms with Crippen molar-refractivity contribution in [2.24, 2.45) is 0 Å². The molecule has 148 valence electrons. The highest BCUT2D eigenvalue weighted by Crippen LogP contribution is 2.27. The predicted molar refractivity (Wildman–Crippen MR) is 101 cm³/mol. The van der Waals surface area contributed by atoms with E-state index in [1.807, 2.05) is 30.3 Å². The molecule has 0 radical (unpaired) electrons. The number of likely N-dealkylation sites (tertiary alicyclic amines) is 2. The molecule has 0 aliphatic carbocycles. The molecule has 2 heterocycles. The van der Waals surface area contributed by atoms with Crippen LogP contribution >= 0.6 is 0 Å². The Morgan fingerprint density at radius 2 is 1.81 bits per heavy atom. The van der Waals surface area contributed by atoms with Gasteiger partial charge in [0.15, 0.2) is 0 Å². The first-order valence-corrected chi connectivity index (χ1v) is 9.79. The van der Waals surface area contributed by atoms with Crippen LogP contribution < -0.4 is 5.32 Å². The van der Waals surface area contributed by atoms with Gasteiger partial charge in [0.25, 0.3) is 0 Å². The van der Waals surface area contributed by atoms with Crippen molar-refractivity contribution in [3.05, 3.63) is 35.9 Å². The quantitative estimate of drug-likeness (QED) is 0.694. The van der Waals surface area contributed by atoms with Crippen LogP contribution in [-0.4, -0.2) is 69.8 Å². The lowest BCUT2D eigenvalue weighted by atomic mass is 10.0. The largest absolute Gasteiger partial charge is 0.396 e. The smallest absolute Gasteiger partial charge is 0.318 e. The van der Waals surface area contributed by atoms with E-state index in [2.05, 4.69) is 5.32 Å². The normalized spacial score (nSPS) is 23.5. The summed E-state index contributed by atoms with van der Waals surface area (Å²) in [4.78, 5) is 29.1. The fourth-order valence-corrected chi connectivity index (χ4v) is 4.12. The summed E-state index contributed by atoms with van der Waals surface area (Å²) in [5.41, 5.74) is 1.01. The summed E-state index contributed by atoms with van der Waals surface area (Å²) in [7, 11) is 0. The van der Waals surface area contributed by atoms with Crippen LogP contribution in [0.5, 0.6) is 0 Å². The van der Waals surface area contributed by atoms with Crippen molar-refractivity contribution in [1.29, 1.82) is 0 Å². The van der Waals surface area contributed by atoms with Crippen molar-refractivity contribution in [2.75, 3.05) is 19.7 Å². The molecule has 7 heteroatoms. The van der Waals surface area contributed by atoms with Gasteiger partial charge in [-0.15, -0.1) is 0 Å². The van der Waals surface area contributed by atoms with E-state index in [1.165, 1.54) is 0 Å². The second-order valence-corrected chi connectivity index (χ2v) is 7.32. The van der Waals surface area contributed by atoms with E-state index in [4.69, 9.17) is 5.11 Å². The molecule has 1 aromatic carbocycles. The minimum absolute atomic E-state index is 0.0816. The van der Waals surface area contributed by atoms with E-state index in [-0.39, 0.29) is 31.0 Å². The third-order valence-electron chi connectivity index (χ3n) is 5.54. The van der Waals surface area contributed by atoms with Crippen molar-refractivity contribution in [3.8, 4) is 0 Å². The lowest BCUT2D eigenvalue weighted by Crippen LogP contribution is -2.53. The summed E-state index contributed by atoms with van der Waals surface area (Å²) in [6.45, 7) is 1.49. The van der Waals surface area contributed by atoms with Gasteiger partial charge in [-0.3, -0.25) is 4.79 Å². The summed E-state index contributed by atoms with van der Waals surface area (Å²) < 4.78 is 0. The predicted octanol–water partition coefficient (Wildman–Crippen LogP) is 1.09. The molecular weight excluding hydrogens is 346 g/mol. The van der Waals surface area contributed by atoms with Gasteiger partial charge >= 0.3 is 6.03 Å². The first-order valence-electron chi connectivity index (χ1n) is 9.79. The Labute approximate surface area is 160 Å². The molecule has 1 aromatic rings. The SMILES string of the molecule is O=C(NCc1ccccc1)N1CCCC1C(=O)N1CCCC1C(O)CCO. The number of hydrogen-bond donors (Lipinski definition) is 3. The molecule has 0 bridgehead atoms. The summed E-state index contributed by atoms with van der Waals surface area (Å²) in [5, 5.41) is 22.2. The van der Waals surface area contributed by atoms with Gasteiger partial charge in [0, 0.05) is 26.2 Å². The van der Waals surface area contributed by atoms with Crippen molar-refractivity contribution in [1.82, 2.24) is 15.1 Å². The van der Waals surface area contributed by atoms with Crippen LogP contribution in [0.1, 0.15) is 37.7 Å². The lowest BCUT2D eigenvalue weighted by molar-refractivity contribution is -0.138. The Morgan fingerprint density at radius 3 is 2.56 bits per heavy atom. The van der Waals surface area contributed by atoms with Crippen molar-refractivity contribution in [2.45, 2.75) is 56.8 Å². The van der Waals surface area contributed by atoms with Crippen molar-refractivity contribution >= 4 is 11.9 Å². The number of rotatable bonds is 6. The maximum Gasteiger partial charge on any atom is 0.318 e. The van der Waals surface area contributed by atoms with Gasteiger partial charge < -0.3 is 25.3 Å². The number of urea groups is 1. The number of carbonyl (C=O) groups is 2. The van der Waals surface area contributed by atoms with Crippen LogP contribution in [0.2, 0.25) is 0 Å². The van der Waals surface area contributed by atoms with Gasteiger partial charge in [0.05, 0.1) is 12.1 Å². The zero-order valence-corrected chi connectivity index (χ0v) is 15.6. The van der Waals surface area contributed by atoms with E-state index >= 15 is 0 Å². The van der Waals surface area contributed by atoms with Crippen molar-refractivity contribution in [3.63, 3.8) is 0 Å². The van der Waals surface area contributed by atoms with Gasteiger partial charge in [-0.2, -0.15) is 0 Å². The number of aliphatic hydroxyl groups excluding tert-OH is 2. The van der Waals surface area contributed by atoms with Gasteiger partial charge in [-0.25, -0.2) is 4.79 Å². The number of aliphatic hydroxyl groups is 2. The third kappa shape index (κ3) is 4.59. The molecule has 3 unspecified atom stereocenters. The van der Waals surface area contributed by atoms with E-state index in [9.17, 15) is 14.7 Å². The molecule has 27 heavy (non-hydrogen) atoms. The van der Waals surface area contributed by atoms with Crippen LogP contribution in [-0.2, 0) is 11.3 Å². The molecule has 0 saturated carbocycles. The fraction of sp³-hybridized carbons (Fsp3) is 0.600. The van der Waals surface area contributed by atoms with Gasteiger partial charge in [-0.1, -0.05) is 30.3 Å². The number of amides is 3. The summed E-state index contributed by atoms with van der Waals surface area (Å²) in [6, 6.07) is 8.72. The van der Waals surface area contributed by atoms with Crippen LogP contribution in [0.3, 0.4) is 0 Å². The molecule has 3 N–H and O–H groups in total. The molecule has 7 nitrogen and oxygen atoms in total. The molecule has 3 amide bonds. The molecule has 0 spiro atoms. The zero-order valence-electron chi connectivity index (χ0n) is 15.6. The minimum Gasteiger partial charge on any atom is -0.396 e. The molecule has 2 fully saturated rings. The van der Waals surface area contributed by atoms with Crippen molar-refractivity contribution < 1.29 is 19.8 Å². The molecule has 3 rings (SSSR count). The number of hydrogen-bond acceptors (Lipinski definition) is 4. The third-order valence-corrected chi connectivity index (χ3v) is 5.54. The summed E-state index contributed by atoms with van der Waals surface area (Å²) >= 11 is 0. The average molecular weight is 375 g/mol. The second-order valence-electron chi connectivity index (χ2n) is 7.32. The topological polar surface area (TPSA) is 93.1 Å². The Bertz CT molecular complexity index is 639. The van der Waals surface area contributed by atoms with Crippen LogP contribution in [0.15, 0.2) is 30.3 Å². The highest BCUT2D eigenvalue weighted by molar-refractivity contribution is 5.88. The Balaban J connectivity index is 1.61. The number of carbonyl (C=O) groups excluding carboxylic acids is 2. The molecule has 3 atom stereocenters. The van der Waals surface area contributed by atoms with Crippen LogP contribution in [0.25, 0.3) is 0 Å². The van der Waals surface area contributed by atoms with Crippen LogP contribution in [0, 0.1) is 0 Å². The maximum atomic E-state index is 13.1. The highest BCUT2D eigenvalue weighted by Gasteiger charge is 2.41. The molecule has 2 saturated heterocycles. The number of nitrogens with one attached hydrogen (secondary N) is 1. The van der Waals surface area contributed by atoms with Gasteiger partial charge in [-0.05, 0) is 37.7 Å². The monoisotopic (exact) mass is 375 g/mol. The Hall–Kier alpha value is -2.12. The first kappa shape index (κ1) is 19.6. The van der Waals surface area contributed by atoms with E-state index in [1.54, 1.807) is 9.80 Å². The molecule has 0 aromatic heterocycles. The van der Waals surface area contributed by atoms with Gasteiger partial charge in [0.1, 0.15) is 6.04 Å². The molecule has 2 aliphatic heterocycles. The van der Waals surface area contributed by atoms with Gasteiger partial charge in [0.2, 0.25) is 5.91 Å². The van der Waals surface area contributed by atoms with E-state index in [0.29, 0.717) is 26.1 Å². The minimum atomic E-state index is -0.719. The van der Waals surface area contributed by atoms with E-state index < -0.39 is 12.1 Å². The molecule has 2 aliphatic rings. The highest BCUT2D eigenvalue weighted by atomic mass is 16.3. The van der Waals surface area contributed by atoms with Crippen LogP contribution in [0.4, 0.5) is 4.79 Å². The standard InChI is InChI=1S/C20H29N3O4/c24-13-10-18(25)16-8-4-11-22(16)19(26)17-9-5-12-23(17)20(27)21-14-15-6-2-1-3-7-15/h1-3,6-7,16-18,24-25H,4-5,8-14H2,(H,21,27). The first-order chi connectivity index (χ1) is 13.1. The molecular formula is C20H29N3O4. The summed E-state index contributed by atoms with van der Waals surface area (Å²) in [6.07, 6.45) is 2.57. The number of nitrogens with zero attached hydrogens (tertiary/aromatic N) is 2.